The van der Waals surface area contributed by atoms with Gasteiger partial charge in [0.15, 0.2) is 0 Å². The van der Waals surface area contributed by atoms with E-state index >= 15 is 0 Å². The number of rotatable bonds is 4. The van der Waals surface area contributed by atoms with Crippen LogP contribution in [-0.4, -0.2) is 38.5 Å². The minimum absolute atomic E-state index is 0.251. The molecule has 7 heteroatoms. The van der Waals surface area contributed by atoms with Crippen molar-refractivity contribution in [2.24, 2.45) is 5.92 Å². The highest BCUT2D eigenvalue weighted by atomic mass is 16.1. The molecule has 4 rings (SSSR count). The Morgan fingerprint density at radius 3 is 2.78 bits per heavy atom. The standard InChI is InChI=1S/C20H22N6O/c1-15-6-5-9-25(11-15)18-10-19(22-13-21-18)26-12-17(23-14-26)20(27)24-16-7-3-2-4-8-16/h2-4,7-8,10,12-15H,5-6,9,11H2,1H3,(H,24,27)/t15-/m0/s1. The maximum Gasteiger partial charge on any atom is 0.275 e. The fourth-order valence-electron chi connectivity index (χ4n) is 3.33. The number of piperidine rings is 1. The van der Waals surface area contributed by atoms with Crippen LogP contribution in [0.15, 0.2) is 55.2 Å². The molecule has 0 saturated carbocycles. The molecule has 3 aromatic rings. The Morgan fingerprint density at radius 1 is 1.15 bits per heavy atom. The quantitative estimate of drug-likeness (QED) is 0.772. The van der Waals surface area contributed by atoms with E-state index < -0.39 is 0 Å². The summed E-state index contributed by atoms with van der Waals surface area (Å²) < 4.78 is 1.75. The van der Waals surface area contributed by atoms with E-state index in [9.17, 15) is 4.79 Å². The molecule has 1 saturated heterocycles. The summed E-state index contributed by atoms with van der Waals surface area (Å²) in [5, 5.41) is 2.84. The number of imidazole rings is 1. The van der Waals surface area contributed by atoms with Gasteiger partial charge < -0.3 is 10.2 Å². The number of benzene rings is 1. The minimum Gasteiger partial charge on any atom is -0.356 e. The van der Waals surface area contributed by atoms with Crippen LogP contribution < -0.4 is 10.2 Å². The summed E-state index contributed by atoms with van der Waals surface area (Å²) in [6, 6.07) is 11.3. The van der Waals surface area contributed by atoms with Crippen molar-refractivity contribution in [2.45, 2.75) is 19.8 Å². The van der Waals surface area contributed by atoms with Crippen LogP contribution in [0.3, 0.4) is 0 Å². The number of aromatic nitrogens is 4. The molecule has 1 aliphatic heterocycles. The number of anilines is 2. The lowest BCUT2D eigenvalue weighted by atomic mass is 10.0. The number of carbonyl (C=O) groups excluding carboxylic acids is 1. The first kappa shape index (κ1) is 17.2. The molecule has 7 nitrogen and oxygen atoms in total. The van der Waals surface area contributed by atoms with Gasteiger partial charge in [-0.2, -0.15) is 0 Å². The molecule has 0 radical (unpaired) electrons. The van der Waals surface area contributed by atoms with Crippen LogP contribution in [0, 0.1) is 5.92 Å². The van der Waals surface area contributed by atoms with E-state index in [0.29, 0.717) is 17.4 Å². The Bertz CT molecular complexity index is 923. The SMILES string of the molecule is C[C@H]1CCCN(c2cc(-n3cnc(C(=O)Nc4ccccc4)c3)ncn2)C1. The lowest BCUT2D eigenvalue weighted by molar-refractivity contribution is 0.102. The summed E-state index contributed by atoms with van der Waals surface area (Å²) in [6.07, 6.45) is 7.28. The first-order chi connectivity index (χ1) is 13.2. The lowest BCUT2D eigenvalue weighted by Gasteiger charge is -2.31. The van der Waals surface area contributed by atoms with Gasteiger partial charge in [0.2, 0.25) is 0 Å². The van der Waals surface area contributed by atoms with Crippen LogP contribution in [-0.2, 0) is 0 Å². The van der Waals surface area contributed by atoms with Crippen molar-refractivity contribution in [1.82, 2.24) is 19.5 Å². The van der Waals surface area contributed by atoms with Gasteiger partial charge in [0, 0.05) is 31.0 Å². The largest absolute Gasteiger partial charge is 0.356 e. The van der Waals surface area contributed by atoms with E-state index in [-0.39, 0.29) is 5.91 Å². The van der Waals surface area contributed by atoms with E-state index in [0.717, 1.165) is 24.6 Å². The number of hydrogen-bond acceptors (Lipinski definition) is 5. The average Bonchev–Trinajstić information content (AvgIpc) is 3.19. The Balaban J connectivity index is 1.51. The van der Waals surface area contributed by atoms with Crippen LogP contribution in [0.4, 0.5) is 11.5 Å². The third kappa shape index (κ3) is 3.97. The third-order valence-corrected chi connectivity index (χ3v) is 4.73. The lowest BCUT2D eigenvalue weighted by Crippen LogP contribution is -2.34. The molecule has 1 atom stereocenters. The summed E-state index contributed by atoms with van der Waals surface area (Å²) in [5.74, 6) is 2.03. The summed E-state index contributed by atoms with van der Waals surface area (Å²) in [7, 11) is 0. The molecule has 0 spiro atoms. The fourth-order valence-corrected chi connectivity index (χ4v) is 3.33. The number of carbonyl (C=O) groups is 1. The second-order valence-electron chi connectivity index (χ2n) is 6.91. The normalized spacial score (nSPS) is 16.9. The van der Waals surface area contributed by atoms with Crippen LogP contribution in [0.1, 0.15) is 30.3 Å². The first-order valence-electron chi connectivity index (χ1n) is 9.17. The Labute approximate surface area is 158 Å². The molecule has 1 fully saturated rings. The average molecular weight is 362 g/mol. The van der Waals surface area contributed by atoms with Crippen LogP contribution in [0.5, 0.6) is 0 Å². The molecule has 27 heavy (non-hydrogen) atoms. The number of para-hydroxylation sites is 1. The van der Waals surface area contributed by atoms with Crippen molar-refractivity contribution in [3.8, 4) is 5.82 Å². The zero-order valence-corrected chi connectivity index (χ0v) is 15.2. The van der Waals surface area contributed by atoms with E-state index in [1.54, 1.807) is 23.4 Å². The highest BCUT2D eigenvalue weighted by molar-refractivity contribution is 6.02. The van der Waals surface area contributed by atoms with Crippen molar-refractivity contribution >= 4 is 17.4 Å². The van der Waals surface area contributed by atoms with Gasteiger partial charge in [0.05, 0.1) is 0 Å². The van der Waals surface area contributed by atoms with Crippen LogP contribution >= 0.6 is 0 Å². The minimum atomic E-state index is -0.251. The van der Waals surface area contributed by atoms with E-state index in [2.05, 4.69) is 32.1 Å². The summed E-state index contributed by atoms with van der Waals surface area (Å²) in [5.41, 5.74) is 1.08. The molecule has 2 aromatic heterocycles. The van der Waals surface area contributed by atoms with Gasteiger partial charge in [0.25, 0.3) is 5.91 Å². The highest BCUT2D eigenvalue weighted by Crippen LogP contribution is 2.22. The molecule has 0 bridgehead atoms. The third-order valence-electron chi connectivity index (χ3n) is 4.73. The van der Waals surface area contributed by atoms with E-state index in [1.807, 2.05) is 36.4 Å². The van der Waals surface area contributed by atoms with E-state index in [4.69, 9.17) is 0 Å². The molecular weight excluding hydrogens is 340 g/mol. The van der Waals surface area contributed by atoms with Crippen molar-refractivity contribution in [2.75, 3.05) is 23.3 Å². The van der Waals surface area contributed by atoms with E-state index in [1.165, 1.54) is 12.8 Å². The van der Waals surface area contributed by atoms with Crippen molar-refractivity contribution in [1.29, 1.82) is 0 Å². The number of amides is 1. The van der Waals surface area contributed by atoms with Crippen molar-refractivity contribution in [3.05, 3.63) is 60.9 Å². The van der Waals surface area contributed by atoms with Gasteiger partial charge in [0.1, 0.15) is 30.0 Å². The predicted octanol–water partition coefficient (Wildman–Crippen LogP) is 3.15. The molecule has 3 heterocycles. The van der Waals surface area contributed by atoms with Gasteiger partial charge in [-0.15, -0.1) is 0 Å². The van der Waals surface area contributed by atoms with Gasteiger partial charge in [-0.05, 0) is 30.9 Å². The highest BCUT2D eigenvalue weighted by Gasteiger charge is 2.18. The molecular formula is C20H22N6O. The van der Waals surface area contributed by atoms with Crippen molar-refractivity contribution in [3.63, 3.8) is 0 Å². The molecule has 0 unspecified atom stereocenters. The maximum atomic E-state index is 12.4. The Kier molecular flexibility index (Phi) is 4.82. The van der Waals surface area contributed by atoms with Crippen LogP contribution in [0.2, 0.25) is 0 Å². The summed E-state index contributed by atoms with van der Waals surface area (Å²) in [6.45, 7) is 4.28. The number of nitrogens with zero attached hydrogens (tertiary/aromatic N) is 5. The Morgan fingerprint density at radius 2 is 1.96 bits per heavy atom. The zero-order valence-electron chi connectivity index (χ0n) is 15.2. The molecule has 1 aliphatic rings. The monoisotopic (exact) mass is 362 g/mol. The first-order valence-corrected chi connectivity index (χ1v) is 9.17. The summed E-state index contributed by atoms with van der Waals surface area (Å²) >= 11 is 0. The van der Waals surface area contributed by atoms with Crippen LogP contribution in [0.25, 0.3) is 5.82 Å². The maximum absolute atomic E-state index is 12.4. The molecule has 0 aliphatic carbocycles. The number of hydrogen-bond donors (Lipinski definition) is 1. The molecule has 1 aromatic carbocycles. The topological polar surface area (TPSA) is 75.9 Å². The van der Waals surface area contributed by atoms with Crippen molar-refractivity contribution < 1.29 is 4.79 Å². The molecule has 1 amide bonds. The molecule has 1 N–H and O–H groups in total. The fraction of sp³-hybridized carbons (Fsp3) is 0.300. The van der Waals surface area contributed by atoms with Gasteiger partial charge in [-0.1, -0.05) is 25.1 Å². The Hall–Kier alpha value is -3.22. The molecule has 138 valence electrons. The van der Waals surface area contributed by atoms with Gasteiger partial charge >= 0.3 is 0 Å². The smallest absolute Gasteiger partial charge is 0.275 e. The number of nitrogens with one attached hydrogen (secondary N) is 1. The predicted molar refractivity (Wildman–Crippen MR) is 104 cm³/mol. The zero-order chi connectivity index (χ0) is 18.6. The second-order valence-corrected chi connectivity index (χ2v) is 6.91. The van der Waals surface area contributed by atoms with Gasteiger partial charge in [-0.25, -0.2) is 15.0 Å². The summed E-state index contributed by atoms with van der Waals surface area (Å²) in [4.78, 5) is 27.6. The second kappa shape index (κ2) is 7.57. The van der Waals surface area contributed by atoms with Gasteiger partial charge in [-0.3, -0.25) is 9.36 Å².